The maximum Gasteiger partial charge on any atom is 0.244 e. The van der Waals surface area contributed by atoms with E-state index < -0.39 is 32.7 Å². The van der Waals surface area contributed by atoms with Crippen LogP contribution in [0.15, 0.2) is 21.5 Å². The van der Waals surface area contributed by atoms with Crippen molar-refractivity contribution in [1.29, 1.82) is 0 Å². The first kappa shape index (κ1) is 15.8. The lowest BCUT2D eigenvalue weighted by atomic mass is 10.1. The van der Waals surface area contributed by atoms with Crippen molar-refractivity contribution in [1.82, 2.24) is 4.72 Å². The average molecular weight is 370 g/mol. The Labute approximate surface area is 124 Å². The van der Waals surface area contributed by atoms with Crippen LogP contribution in [0, 0.1) is 17.6 Å². The van der Waals surface area contributed by atoms with Crippen LogP contribution in [-0.2, 0) is 10.0 Å². The lowest BCUT2D eigenvalue weighted by molar-refractivity contribution is 0.178. The van der Waals surface area contributed by atoms with Crippen molar-refractivity contribution in [2.24, 2.45) is 5.92 Å². The number of aliphatic hydroxyl groups is 1. The fraction of sp³-hybridized carbons (Fsp3) is 0.500. The van der Waals surface area contributed by atoms with E-state index in [-0.39, 0.29) is 16.9 Å². The van der Waals surface area contributed by atoms with E-state index in [9.17, 15) is 22.3 Å². The molecule has 0 amide bonds. The number of aliphatic hydroxyl groups excluding tert-OH is 1. The number of hydrogen-bond acceptors (Lipinski definition) is 3. The van der Waals surface area contributed by atoms with Crippen molar-refractivity contribution in [3.63, 3.8) is 0 Å². The van der Waals surface area contributed by atoms with Crippen molar-refractivity contribution in [2.45, 2.75) is 30.3 Å². The van der Waals surface area contributed by atoms with Crippen molar-refractivity contribution in [3.8, 4) is 0 Å². The molecule has 0 radical (unpaired) electrons. The van der Waals surface area contributed by atoms with Crippen LogP contribution < -0.4 is 4.72 Å². The van der Waals surface area contributed by atoms with Gasteiger partial charge in [0.25, 0.3) is 0 Å². The van der Waals surface area contributed by atoms with Crippen LogP contribution in [0.4, 0.5) is 8.78 Å². The molecule has 1 saturated carbocycles. The van der Waals surface area contributed by atoms with Crippen LogP contribution in [0.1, 0.15) is 19.3 Å². The van der Waals surface area contributed by atoms with E-state index in [0.29, 0.717) is 18.9 Å². The molecule has 2 unspecified atom stereocenters. The van der Waals surface area contributed by atoms with E-state index >= 15 is 0 Å². The molecule has 1 fully saturated rings. The second-order valence-electron chi connectivity index (χ2n) is 4.88. The summed E-state index contributed by atoms with van der Waals surface area (Å²) in [4.78, 5) is -0.600. The van der Waals surface area contributed by atoms with Gasteiger partial charge in [0.15, 0.2) is 0 Å². The molecule has 4 nitrogen and oxygen atoms in total. The molecule has 2 atom stereocenters. The monoisotopic (exact) mass is 369 g/mol. The van der Waals surface area contributed by atoms with Gasteiger partial charge in [-0.05, 0) is 47.2 Å². The fourth-order valence-corrected chi connectivity index (χ4v) is 4.60. The largest absolute Gasteiger partial charge is 0.393 e. The Morgan fingerprint density at radius 3 is 2.60 bits per heavy atom. The fourth-order valence-electron chi connectivity index (χ4n) is 2.32. The lowest BCUT2D eigenvalue weighted by Crippen LogP contribution is -2.29. The number of hydrogen-bond donors (Lipinski definition) is 2. The Morgan fingerprint density at radius 2 is 2.05 bits per heavy atom. The lowest BCUT2D eigenvalue weighted by Gasteiger charge is -2.13. The van der Waals surface area contributed by atoms with Gasteiger partial charge in [-0.25, -0.2) is 21.9 Å². The van der Waals surface area contributed by atoms with Crippen molar-refractivity contribution in [3.05, 3.63) is 28.2 Å². The van der Waals surface area contributed by atoms with Crippen LogP contribution in [0.3, 0.4) is 0 Å². The highest BCUT2D eigenvalue weighted by Crippen LogP contribution is 2.28. The van der Waals surface area contributed by atoms with Crippen molar-refractivity contribution >= 4 is 26.0 Å². The third kappa shape index (κ3) is 3.55. The van der Waals surface area contributed by atoms with Crippen molar-refractivity contribution < 1.29 is 22.3 Å². The standard InChI is InChI=1S/C12H14BrF2NO3S/c13-10-4-8(14)5-11(15)12(10)20(18,19)16-6-7-1-2-9(17)3-7/h4-5,7,9,16-17H,1-3,6H2. The molecule has 112 valence electrons. The van der Waals surface area contributed by atoms with Gasteiger partial charge in [-0.15, -0.1) is 0 Å². The minimum Gasteiger partial charge on any atom is -0.393 e. The number of benzene rings is 1. The number of rotatable bonds is 4. The molecule has 2 rings (SSSR count). The SMILES string of the molecule is O=S(=O)(NCC1CCC(O)C1)c1c(F)cc(F)cc1Br. The first-order chi connectivity index (χ1) is 9.29. The quantitative estimate of drug-likeness (QED) is 0.854. The predicted octanol–water partition coefficient (Wildman–Crippen LogP) is 2.17. The number of sulfonamides is 1. The zero-order valence-electron chi connectivity index (χ0n) is 10.4. The average Bonchev–Trinajstić information content (AvgIpc) is 2.71. The van der Waals surface area contributed by atoms with E-state index in [1.54, 1.807) is 0 Å². The second kappa shape index (κ2) is 6.05. The first-order valence-electron chi connectivity index (χ1n) is 6.12. The molecule has 0 heterocycles. The Bertz CT molecular complexity index is 586. The number of halogens is 3. The van der Waals surface area contributed by atoms with E-state index in [1.165, 1.54) is 0 Å². The highest BCUT2D eigenvalue weighted by molar-refractivity contribution is 9.10. The van der Waals surface area contributed by atoms with Gasteiger partial charge in [0.2, 0.25) is 10.0 Å². The van der Waals surface area contributed by atoms with Gasteiger partial charge in [0.05, 0.1) is 6.10 Å². The Hall–Kier alpha value is -0.570. The molecule has 1 aliphatic rings. The van der Waals surface area contributed by atoms with Crippen LogP contribution >= 0.6 is 15.9 Å². The van der Waals surface area contributed by atoms with E-state index in [0.717, 1.165) is 12.5 Å². The highest BCUT2D eigenvalue weighted by Gasteiger charge is 2.27. The highest BCUT2D eigenvalue weighted by atomic mass is 79.9. The summed E-state index contributed by atoms with van der Waals surface area (Å²) in [5.74, 6) is -1.97. The summed E-state index contributed by atoms with van der Waals surface area (Å²) in [7, 11) is -4.06. The topological polar surface area (TPSA) is 66.4 Å². The summed E-state index contributed by atoms with van der Waals surface area (Å²) in [6, 6.07) is 1.43. The van der Waals surface area contributed by atoms with Crippen LogP contribution in [-0.4, -0.2) is 26.2 Å². The Morgan fingerprint density at radius 1 is 1.35 bits per heavy atom. The number of nitrogens with one attached hydrogen (secondary N) is 1. The Balaban J connectivity index is 2.15. The summed E-state index contributed by atoms with van der Waals surface area (Å²) in [5, 5.41) is 9.38. The smallest absolute Gasteiger partial charge is 0.244 e. The van der Waals surface area contributed by atoms with Gasteiger partial charge in [0, 0.05) is 17.1 Å². The molecule has 20 heavy (non-hydrogen) atoms. The Kier molecular flexibility index (Phi) is 4.78. The summed E-state index contributed by atoms with van der Waals surface area (Å²) in [5.41, 5.74) is 0. The van der Waals surface area contributed by atoms with Crippen molar-refractivity contribution in [2.75, 3.05) is 6.54 Å². The molecule has 0 aromatic heterocycles. The molecule has 0 saturated heterocycles. The van der Waals surface area contributed by atoms with Gasteiger partial charge in [-0.1, -0.05) is 0 Å². The molecule has 1 aromatic rings. The summed E-state index contributed by atoms with van der Waals surface area (Å²) in [6.07, 6.45) is 1.48. The van der Waals surface area contributed by atoms with E-state index in [1.807, 2.05) is 0 Å². The maximum absolute atomic E-state index is 13.6. The first-order valence-corrected chi connectivity index (χ1v) is 8.39. The molecule has 8 heteroatoms. The van der Waals surface area contributed by atoms with Gasteiger partial charge in [-0.3, -0.25) is 0 Å². The summed E-state index contributed by atoms with van der Waals surface area (Å²) >= 11 is 2.86. The molecule has 0 spiro atoms. The van der Waals surface area contributed by atoms with E-state index in [4.69, 9.17) is 0 Å². The molecule has 1 aliphatic carbocycles. The zero-order valence-corrected chi connectivity index (χ0v) is 12.8. The maximum atomic E-state index is 13.6. The van der Waals surface area contributed by atoms with Gasteiger partial charge >= 0.3 is 0 Å². The van der Waals surface area contributed by atoms with Gasteiger partial charge in [0.1, 0.15) is 16.5 Å². The van der Waals surface area contributed by atoms with Gasteiger partial charge < -0.3 is 5.11 Å². The zero-order chi connectivity index (χ0) is 14.9. The van der Waals surface area contributed by atoms with E-state index in [2.05, 4.69) is 20.7 Å². The third-order valence-corrected chi connectivity index (χ3v) is 5.69. The third-order valence-electron chi connectivity index (χ3n) is 3.31. The molecule has 2 N–H and O–H groups in total. The van der Waals surface area contributed by atoms with Crippen LogP contribution in [0.2, 0.25) is 0 Å². The molecule has 1 aromatic carbocycles. The van der Waals surface area contributed by atoms with Gasteiger partial charge in [-0.2, -0.15) is 0 Å². The summed E-state index contributed by atoms with van der Waals surface area (Å²) in [6.45, 7) is 0.128. The molecular weight excluding hydrogens is 356 g/mol. The van der Waals surface area contributed by atoms with Crippen LogP contribution in [0.5, 0.6) is 0 Å². The second-order valence-corrected chi connectivity index (χ2v) is 7.44. The molecule has 0 bridgehead atoms. The minimum absolute atomic E-state index is 0.0297. The normalized spacial score (nSPS) is 23.2. The predicted molar refractivity (Wildman–Crippen MR) is 72.6 cm³/mol. The molecule has 0 aliphatic heterocycles. The minimum atomic E-state index is -4.06. The molecular formula is C12H14BrF2NO3S. The van der Waals surface area contributed by atoms with Crippen LogP contribution in [0.25, 0.3) is 0 Å². The summed E-state index contributed by atoms with van der Waals surface area (Å²) < 4.78 is 52.9.